The second-order valence-corrected chi connectivity index (χ2v) is 5.79. The highest BCUT2D eigenvalue weighted by molar-refractivity contribution is 7.07. The van der Waals surface area contributed by atoms with Crippen molar-refractivity contribution in [3.8, 4) is 0 Å². The first kappa shape index (κ1) is 13.3. The Labute approximate surface area is 120 Å². The van der Waals surface area contributed by atoms with Gasteiger partial charge < -0.3 is 5.11 Å². The highest BCUT2D eigenvalue weighted by atomic mass is 32.1. The molecule has 1 fully saturated rings. The van der Waals surface area contributed by atoms with E-state index in [1.54, 1.807) is 16.0 Å². The molecule has 6 nitrogen and oxygen atoms in total. The van der Waals surface area contributed by atoms with Gasteiger partial charge in [-0.3, -0.25) is 9.58 Å². The summed E-state index contributed by atoms with van der Waals surface area (Å²) in [7, 11) is 0. The lowest BCUT2D eigenvalue weighted by molar-refractivity contribution is 0.0690. The van der Waals surface area contributed by atoms with Crippen LogP contribution in [0, 0.1) is 0 Å². The van der Waals surface area contributed by atoms with Crippen molar-refractivity contribution in [1.29, 1.82) is 0 Å². The Morgan fingerprint density at radius 1 is 1.55 bits per heavy atom. The molecule has 2 aromatic heterocycles. The topological polar surface area (TPSA) is 71.2 Å². The monoisotopic (exact) mass is 292 g/mol. The lowest BCUT2D eigenvalue weighted by atomic mass is 10.3. The van der Waals surface area contributed by atoms with Crippen molar-refractivity contribution in [3.63, 3.8) is 0 Å². The van der Waals surface area contributed by atoms with E-state index in [1.165, 1.54) is 24.6 Å². The summed E-state index contributed by atoms with van der Waals surface area (Å²) in [6.45, 7) is 2.48. The first-order chi connectivity index (χ1) is 9.72. The maximum atomic E-state index is 10.8. The van der Waals surface area contributed by atoms with Crippen LogP contribution in [0.5, 0.6) is 0 Å². The van der Waals surface area contributed by atoms with E-state index in [2.05, 4.69) is 32.0 Å². The summed E-state index contributed by atoms with van der Waals surface area (Å²) in [4.78, 5) is 13.2. The number of carbonyl (C=O) groups is 1. The molecule has 0 atom stereocenters. The SMILES string of the molecule is O=C(O)c1cn(CCN(Cc2ccsc2)C2CC2)nn1. The number of carboxylic acids is 1. The number of carboxylic acid groups (broad SMARTS) is 1. The zero-order valence-electron chi connectivity index (χ0n) is 11.0. The fourth-order valence-corrected chi connectivity index (χ4v) is 2.84. The van der Waals surface area contributed by atoms with Crippen molar-refractivity contribution in [2.75, 3.05) is 6.54 Å². The molecule has 7 heteroatoms. The Kier molecular flexibility index (Phi) is 3.79. The summed E-state index contributed by atoms with van der Waals surface area (Å²) in [6.07, 6.45) is 3.99. The molecule has 1 aliphatic carbocycles. The van der Waals surface area contributed by atoms with Gasteiger partial charge in [-0.2, -0.15) is 11.3 Å². The first-order valence-electron chi connectivity index (χ1n) is 6.61. The average molecular weight is 292 g/mol. The van der Waals surface area contributed by atoms with E-state index < -0.39 is 5.97 Å². The van der Waals surface area contributed by atoms with Crippen LogP contribution in [0.1, 0.15) is 28.9 Å². The number of thiophene rings is 1. The maximum absolute atomic E-state index is 10.8. The van der Waals surface area contributed by atoms with Gasteiger partial charge in [-0.1, -0.05) is 5.21 Å². The van der Waals surface area contributed by atoms with Crippen LogP contribution in [-0.2, 0) is 13.1 Å². The largest absolute Gasteiger partial charge is 0.476 e. The van der Waals surface area contributed by atoms with E-state index in [0.29, 0.717) is 12.6 Å². The molecule has 0 aromatic carbocycles. The predicted molar refractivity (Wildman–Crippen MR) is 74.7 cm³/mol. The molecule has 1 N–H and O–H groups in total. The van der Waals surface area contributed by atoms with Gasteiger partial charge >= 0.3 is 5.97 Å². The fraction of sp³-hybridized carbons (Fsp3) is 0.462. The Bertz CT molecular complexity index is 577. The summed E-state index contributed by atoms with van der Waals surface area (Å²) in [5.74, 6) is -1.03. The number of aromatic carboxylic acids is 1. The number of nitrogens with zero attached hydrogens (tertiary/aromatic N) is 4. The van der Waals surface area contributed by atoms with Crippen molar-refractivity contribution >= 4 is 17.3 Å². The van der Waals surface area contributed by atoms with Crippen LogP contribution in [-0.4, -0.2) is 43.6 Å². The van der Waals surface area contributed by atoms with Gasteiger partial charge in [0.1, 0.15) is 0 Å². The summed E-state index contributed by atoms with van der Waals surface area (Å²) in [5, 5.41) is 20.6. The first-order valence-corrected chi connectivity index (χ1v) is 7.55. The van der Waals surface area contributed by atoms with Crippen LogP contribution in [0.15, 0.2) is 23.0 Å². The van der Waals surface area contributed by atoms with Crippen molar-refractivity contribution in [3.05, 3.63) is 34.3 Å². The summed E-state index contributed by atoms with van der Waals surface area (Å²) >= 11 is 1.72. The average Bonchev–Trinajstić information content (AvgIpc) is 2.95. The lowest BCUT2D eigenvalue weighted by Crippen LogP contribution is -2.29. The van der Waals surface area contributed by atoms with Gasteiger partial charge in [0, 0.05) is 19.1 Å². The molecule has 0 saturated heterocycles. The van der Waals surface area contributed by atoms with Gasteiger partial charge in [0.2, 0.25) is 0 Å². The fourth-order valence-electron chi connectivity index (χ4n) is 2.18. The minimum atomic E-state index is -1.03. The van der Waals surface area contributed by atoms with E-state index in [0.717, 1.165) is 13.1 Å². The smallest absolute Gasteiger partial charge is 0.358 e. The molecule has 20 heavy (non-hydrogen) atoms. The molecule has 0 unspecified atom stereocenters. The Hall–Kier alpha value is -1.73. The lowest BCUT2D eigenvalue weighted by Gasteiger charge is -2.21. The van der Waals surface area contributed by atoms with E-state index in [-0.39, 0.29) is 5.69 Å². The molecular formula is C13H16N4O2S. The zero-order valence-corrected chi connectivity index (χ0v) is 11.8. The molecule has 1 aliphatic rings. The Morgan fingerprint density at radius 2 is 2.40 bits per heavy atom. The van der Waals surface area contributed by atoms with Crippen LogP contribution in [0.2, 0.25) is 0 Å². The van der Waals surface area contributed by atoms with Gasteiger partial charge in [-0.15, -0.1) is 5.10 Å². The second-order valence-electron chi connectivity index (χ2n) is 5.01. The van der Waals surface area contributed by atoms with Gasteiger partial charge in [0.15, 0.2) is 5.69 Å². The number of rotatable bonds is 7. The third-order valence-electron chi connectivity index (χ3n) is 3.40. The molecule has 0 radical (unpaired) electrons. The summed E-state index contributed by atoms with van der Waals surface area (Å²) < 4.78 is 1.60. The number of hydrogen-bond acceptors (Lipinski definition) is 5. The molecule has 3 rings (SSSR count). The van der Waals surface area contributed by atoms with Crippen molar-refractivity contribution in [1.82, 2.24) is 19.9 Å². The van der Waals surface area contributed by atoms with E-state index in [4.69, 9.17) is 5.11 Å². The van der Waals surface area contributed by atoms with Crippen LogP contribution in [0.3, 0.4) is 0 Å². The van der Waals surface area contributed by atoms with Crippen molar-refractivity contribution < 1.29 is 9.90 Å². The quantitative estimate of drug-likeness (QED) is 0.841. The third kappa shape index (κ3) is 3.23. The molecule has 1 saturated carbocycles. The van der Waals surface area contributed by atoms with E-state index in [9.17, 15) is 4.79 Å². The predicted octanol–water partition coefficient (Wildman–Crippen LogP) is 1.70. The Balaban J connectivity index is 1.57. The molecule has 2 aromatic rings. The molecule has 0 amide bonds. The minimum Gasteiger partial charge on any atom is -0.476 e. The molecular weight excluding hydrogens is 276 g/mol. The molecule has 106 valence electrons. The standard InChI is InChI=1S/C13H16N4O2S/c18-13(19)12-8-17(15-14-12)5-4-16(11-1-2-11)7-10-3-6-20-9-10/h3,6,8-9,11H,1-2,4-5,7H2,(H,18,19). The van der Waals surface area contributed by atoms with Gasteiger partial charge in [-0.25, -0.2) is 4.79 Å². The number of hydrogen-bond donors (Lipinski definition) is 1. The van der Waals surface area contributed by atoms with Crippen LogP contribution < -0.4 is 0 Å². The zero-order chi connectivity index (χ0) is 13.9. The maximum Gasteiger partial charge on any atom is 0.358 e. The van der Waals surface area contributed by atoms with Gasteiger partial charge in [-0.05, 0) is 35.2 Å². The van der Waals surface area contributed by atoms with Crippen molar-refractivity contribution in [2.24, 2.45) is 0 Å². The minimum absolute atomic E-state index is 0.000747. The summed E-state index contributed by atoms with van der Waals surface area (Å²) in [6, 6.07) is 2.82. The summed E-state index contributed by atoms with van der Waals surface area (Å²) in [5.41, 5.74) is 1.34. The highest BCUT2D eigenvalue weighted by Crippen LogP contribution is 2.28. The molecule has 2 heterocycles. The number of aromatic nitrogens is 3. The van der Waals surface area contributed by atoms with E-state index in [1.807, 2.05) is 0 Å². The van der Waals surface area contributed by atoms with E-state index >= 15 is 0 Å². The van der Waals surface area contributed by atoms with Crippen molar-refractivity contribution in [2.45, 2.75) is 32.0 Å². The highest BCUT2D eigenvalue weighted by Gasteiger charge is 2.28. The van der Waals surface area contributed by atoms with Crippen LogP contribution in [0.25, 0.3) is 0 Å². The normalized spacial score (nSPS) is 14.8. The molecule has 0 bridgehead atoms. The van der Waals surface area contributed by atoms with Crippen LogP contribution >= 0.6 is 11.3 Å². The molecule has 0 spiro atoms. The third-order valence-corrected chi connectivity index (χ3v) is 4.14. The Morgan fingerprint density at radius 3 is 3.00 bits per heavy atom. The molecule has 0 aliphatic heterocycles. The van der Waals surface area contributed by atoms with Crippen LogP contribution in [0.4, 0.5) is 0 Å². The van der Waals surface area contributed by atoms with Gasteiger partial charge in [0.05, 0.1) is 12.7 Å². The van der Waals surface area contributed by atoms with Gasteiger partial charge in [0.25, 0.3) is 0 Å². The second kappa shape index (κ2) is 5.72.